The van der Waals surface area contributed by atoms with Gasteiger partial charge in [-0.05, 0) is 41.3 Å². The van der Waals surface area contributed by atoms with Crippen LogP contribution in [0.2, 0.25) is 5.02 Å². The fourth-order valence-electron chi connectivity index (χ4n) is 3.38. The zero-order chi connectivity index (χ0) is 22.7. The summed E-state index contributed by atoms with van der Waals surface area (Å²) in [6, 6.07) is 12.5. The van der Waals surface area contributed by atoms with Crippen LogP contribution in [0.4, 0.5) is 4.39 Å². The van der Waals surface area contributed by atoms with Gasteiger partial charge < -0.3 is 9.47 Å². The zero-order valence-electron chi connectivity index (χ0n) is 17.6. The molecule has 0 radical (unpaired) electrons. The molecule has 6 nitrogen and oxygen atoms in total. The monoisotopic (exact) mass is 453 g/mol. The number of fused-ring (bicyclic) bond motifs is 1. The van der Waals surface area contributed by atoms with Crippen molar-refractivity contribution in [1.29, 1.82) is 0 Å². The van der Waals surface area contributed by atoms with Crippen molar-refractivity contribution < 1.29 is 18.7 Å². The van der Waals surface area contributed by atoms with Crippen LogP contribution in [0.15, 0.2) is 48.7 Å². The number of methoxy groups -OCH3 is 1. The van der Waals surface area contributed by atoms with Gasteiger partial charge in [0.15, 0.2) is 23.0 Å². The molecule has 0 aliphatic rings. The van der Waals surface area contributed by atoms with Gasteiger partial charge in [-0.25, -0.2) is 9.37 Å². The molecule has 0 bridgehead atoms. The van der Waals surface area contributed by atoms with Crippen molar-refractivity contribution in [2.45, 2.75) is 26.4 Å². The number of ether oxygens (including phenoxy) is 2. The molecule has 2 aromatic carbocycles. The second kappa shape index (κ2) is 9.36. The number of nitrogens with zero attached hydrogens (tertiary/aromatic N) is 2. The van der Waals surface area contributed by atoms with Gasteiger partial charge in [-0.3, -0.25) is 9.89 Å². The lowest BCUT2D eigenvalue weighted by Gasteiger charge is -2.12. The number of pyridine rings is 1. The van der Waals surface area contributed by atoms with E-state index in [0.29, 0.717) is 22.5 Å². The van der Waals surface area contributed by atoms with Crippen LogP contribution in [0.25, 0.3) is 11.0 Å². The quantitative estimate of drug-likeness (QED) is 0.365. The molecule has 8 heteroatoms. The van der Waals surface area contributed by atoms with Gasteiger partial charge in [-0.2, -0.15) is 0 Å². The summed E-state index contributed by atoms with van der Waals surface area (Å²) in [5.41, 5.74) is 3.02. The molecule has 0 aliphatic heterocycles. The number of aromatic amines is 1. The van der Waals surface area contributed by atoms with Crippen LogP contribution in [-0.4, -0.2) is 28.1 Å². The highest BCUT2D eigenvalue weighted by molar-refractivity contribution is 6.34. The molecule has 0 unspecified atom stereocenters. The van der Waals surface area contributed by atoms with Gasteiger partial charge >= 0.3 is 0 Å². The molecule has 164 valence electrons. The van der Waals surface area contributed by atoms with E-state index in [4.69, 9.17) is 21.1 Å². The summed E-state index contributed by atoms with van der Waals surface area (Å²) in [4.78, 5) is 17.2. The average Bonchev–Trinajstić information content (AvgIpc) is 3.21. The first-order valence-electron chi connectivity index (χ1n) is 10.1. The van der Waals surface area contributed by atoms with E-state index in [1.54, 1.807) is 6.07 Å². The Bertz CT molecular complexity index is 1270. The van der Waals surface area contributed by atoms with Crippen molar-refractivity contribution in [3.63, 3.8) is 0 Å². The third kappa shape index (κ3) is 4.43. The molecule has 0 amide bonds. The Balaban J connectivity index is 1.54. The van der Waals surface area contributed by atoms with Crippen molar-refractivity contribution in [3.8, 4) is 11.6 Å². The summed E-state index contributed by atoms with van der Waals surface area (Å²) in [7, 11) is 1.49. The smallest absolute Gasteiger partial charge is 0.241 e. The number of nitrogens with one attached hydrogen (secondary N) is 1. The van der Waals surface area contributed by atoms with Crippen LogP contribution in [0.1, 0.15) is 34.0 Å². The fourth-order valence-corrected chi connectivity index (χ4v) is 3.63. The number of H-pyrrole nitrogens is 1. The van der Waals surface area contributed by atoms with Crippen LogP contribution in [0.3, 0.4) is 0 Å². The molecule has 0 atom stereocenters. The Kier molecular flexibility index (Phi) is 6.37. The molecular weight excluding hydrogens is 433 g/mol. The average molecular weight is 454 g/mol. The minimum atomic E-state index is -0.775. The highest BCUT2D eigenvalue weighted by Gasteiger charge is 2.21. The molecule has 0 saturated carbocycles. The van der Waals surface area contributed by atoms with Crippen molar-refractivity contribution in [1.82, 2.24) is 15.2 Å². The first kappa shape index (κ1) is 21.8. The van der Waals surface area contributed by atoms with Crippen LogP contribution >= 0.6 is 11.6 Å². The Morgan fingerprint density at radius 3 is 2.59 bits per heavy atom. The lowest BCUT2D eigenvalue weighted by atomic mass is 10.0. The van der Waals surface area contributed by atoms with E-state index in [1.165, 1.54) is 31.0 Å². The largest absolute Gasteiger partial charge is 0.486 e. The number of benzene rings is 2. The number of Topliss-reactive ketones (excluding diaryl/α,β-unsaturated/α-hetero) is 1. The SMILES string of the molecule is CCc1ccc(COc2ccc(Cl)c(C(=O)Cc3cnc4[nH]nc(OC)c4c3)c2F)cc1. The maximum absolute atomic E-state index is 15.1. The third-order valence-electron chi connectivity index (χ3n) is 5.16. The van der Waals surface area contributed by atoms with Gasteiger partial charge in [0, 0.05) is 12.6 Å². The Hall–Kier alpha value is -3.45. The van der Waals surface area contributed by atoms with Crippen LogP contribution in [0.5, 0.6) is 11.6 Å². The number of rotatable bonds is 8. The number of ketones is 1. The van der Waals surface area contributed by atoms with E-state index < -0.39 is 11.6 Å². The van der Waals surface area contributed by atoms with E-state index in [0.717, 1.165) is 12.0 Å². The number of halogens is 2. The summed E-state index contributed by atoms with van der Waals surface area (Å²) in [6.07, 6.45) is 2.38. The highest BCUT2D eigenvalue weighted by atomic mass is 35.5. The van der Waals surface area contributed by atoms with Gasteiger partial charge in [0.25, 0.3) is 0 Å². The number of carbonyl (C=O) groups is 1. The molecule has 0 aliphatic carbocycles. The van der Waals surface area contributed by atoms with E-state index in [2.05, 4.69) is 22.1 Å². The molecule has 4 aromatic rings. The van der Waals surface area contributed by atoms with E-state index >= 15 is 4.39 Å². The molecule has 2 aromatic heterocycles. The Morgan fingerprint density at radius 1 is 1.12 bits per heavy atom. The van der Waals surface area contributed by atoms with Gasteiger partial charge in [-0.1, -0.05) is 42.8 Å². The maximum Gasteiger partial charge on any atom is 0.241 e. The number of aromatic nitrogens is 3. The molecule has 2 heterocycles. The second-order valence-electron chi connectivity index (χ2n) is 7.27. The number of carbonyl (C=O) groups excluding carboxylic acids is 1. The van der Waals surface area contributed by atoms with E-state index in [-0.39, 0.29) is 29.4 Å². The second-order valence-corrected chi connectivity index (χ2v) is 7.67. The third-order valence-corrected chi connectivity index (χ3v) is 5.47. The fraction of sp³-hybridized carbons (Fsp3) is 0.208. The zero-order valence-corrected chi connectivity index (χ0v) is 18.4. The van der Waals surface area contributed by atoms with Crippen molar-refractivity contribution in [2.75, 3.05) is 7.11 Å². The highest BCUT2D eigenvalue weighted by Crippen LogP contribution is 2.30. The van der Waals surface area contributed by atoms with E-state index in [1.807, 2.05) is 24.3 Å². The summed E-state index contributed by atoms with van der Waals surface area (Å²) >= 11 is 6.17. The predicted molar refractivity (Wildman–Crippen MR) is 120 cm³/mol. The molecule has 4 rings (SSSR count). The van der Waals surface area contributed by atoms with Crippen molar-refractivity contribution >= 4 is 28.4 Å². The minimum absolute atomic E-state index is 0.0256. The first-order chi connectivity index (χ1) is 15.5. The summed E-state index contributed by atoms with van der Waals surface area (Å²) in [6.45, 7) is 2.25. The number of hydrogen-bond acceptors (Lipinski definition) is 5. The molecule has 0 fully saturated rings. The maximum atomic E-state index is 15.1. The van der Waals surface area contributed by atoms with Crippen LogP contribution in [0, 0.1) is 5.82 Å². The van der Waals surface area contributed by atoms with Crippen LogP contribution in [-0.2, 0) is 19.4 Å². The summed E-state index contributed by atoms with van der Waals surface area (Å²) in [5, 5.41) is 7.40. The number of aryl methyl sites for hydroxylation is 1. The lowest BCUT2D eigenvalue weighted by Crippen LogP contribution is -2.09. The van der Waals surface area contributed by atoms with Gasteiger partial charge in [-0.15, -0.1) is 5.10 Å². The molecule has 1 N–H and O–H groups in total. The van der Waals surface area contributed by atoms with E-state index in [9.17, 15) is 4.79 Å². The summed E-state index contributed by atoms with van der Waals surface area (Å²) < 4.78 is 26.0. The Labute approximate surface area is 189 Å². The first-order valence-corrected chi connectivity index (χ1v) is 10.5. The predicted octanol–water partition coefficient (Wildman–Crippen LogP) is 5.33. The normalized spacial score (nSPS) is 11.0. The number of hydrogen-bond donors (Lipinski definition) is 1. The topological polar surface area (TPSA) is 77.1 Å². The molecule has 0 saturated heterocycles. The van der Waals surface area contributed by atoms with Gasteiger partial charge in [0.05, 0.1) is 23.1 Å². The van der Waals surface area contributed by atoms with Crippen molar-refractivity contribution in [3.05, 3.63) is 81.8 Å². The van der Waals surface area contributed by atoms with Crippen molar-refractivity contribution in [2.24, 2.45) is 0 Å². The summed E-state index contributed by atoms with van der Waals surface area (Å²) in [5.74, 6) is -0.910. The van der Waals surface area contributed by atoms with Crippen LogP contribution < -0.4 is 9.47 Å². The minimum Gasteiger partial charge on any atom is -0.486 e. The lowest BCUT2D eigenvalue weighted by molar-refractivity contribution is 0.0988. The Morgan fingerprint density at radius 2 is 1.88 bits per heavy atom. The molecular formula is C24H21ClFN3O3. The molecule has 0 spiro atoms. The van der Waals surface area contributed by atoms with Gasteiger partial charge in [0.2, 0.25) is 5.88 Å². The van der Waals surface area contributed by atoms with Gasteiger partial charge in [0.1, 0.15) is 6.61 Å². The standard InChI is InChI=1S/C24H21ClFN3O3/c1-3-14-4-6-15(7-5-14)13-32-20-9-8-18(25)21(22(20)26)19(30)11-16-10-17-23(27-12-16)28-29-24(17)31-2/h4-10,12H,3,11,13H2,1-2H3,(H,27,28,29). The molecule has 32 heavy (non-hydrogen) atoms.